The molecule has 0 unspecified atom stereocenters. The molecule has 0 atom stereocenters. The van der Waals surface area contributed by atoms with Gasteiger partial charge in [0.25, 0.3) is 0 Å². The summed E-state index contributed by atoms with van der Waals surface area (Å²) in [4.78, 5) is 0. The fourth-order valence-corrected chi connectivity index (χ4v) is 2.54. The van der Waals surface area contributed by atoms with Gasteiger partial charge in [-0.15, -0.1) is 0 Å². The summed E-state index contributed by atoms with van der Waals surface area (Å²) in [5.41, 5.74) is 7.51. The van der Waals surface area contributed by atoms with Gasteiger partial charge in [-0.05, 0) is 25.0 Å². The molecule has 0 saturated carbocycles. The number of hydrogen-bond acceptors (Lipinski definition) is 3. The highest BCUT2D eigenvalue weighted by Gasteiger charge is 2.21. The minimum Gasteiger partial charge on any atom is -0.326 e. The monoisotopic (exact) mass is 256 g/mol. The summed E-state index contributed by atoms with van der Waals surface area (Å²) in [6.45, 7) is 4.26. The van der Waals surface area contributed by atoms with Crippen molar-refractivity contribution in [3.8, 4) is 0 Å². The van der Waals surface area contributed by atoms with E-state index in [-0.39, 0.29) is 0 Å². The van der Waals surface area contributed by atoms with E-state index >= 15 is 0 Å². The van der Waals surface area contributed by atoms with Gasteiger partial charge in [0.1, 0.15) is 0 Å². The van der Waals surface area contributed by atoms with Gasteiger partial charge < -0.3 is 5.73 Å². The third kappa shape index (κ3) is 3.52. The van der Waals surface area contributed by atoms with Crippen LogP contribution in [0.5, 0.6) is 0 Å². The van der Waals surface area contributed by atoms with Crippen molar-refractivity contribution < 1.29 is 8.42 Å². The van der Waals surface area contributed by atoms with Gasteiger partial charge in [0, 0.05) is 20.1 Å². The van der Waals surface area contributed by atoms with Crippen LogP contribution >= 0.6 is 0 Å². The molecule has 0 aromatic heterocycles. The Morgan fingerprint density at radius 2 is 1.65 bits per heavy atom. The third-order valence-electron chi connectivity index (χ3n) is 2.69. The minimum atomic E-state index is -3.18. The zero-order chi connectivity index (χ0) is 13.1. The predicted octanol–water partition coefficient (Wildman–Crippen LogP) is 1.32. The summed E-state index contributed by atoms with van der Waals surface area (Å²) in [7, 11) is -1.58. The Morgan fingerprint density at radius 1 is 1.18 bits per heavy atom. The van der Waals surface area contributed by atoms with E-state index in [1.807, 2.05) is 24.3 Å². The van der Waals surface area contributed by atoms with Crippen LogP contribution in [0, 0.1) is 0 Å². The topological polar surface area (TPSA) is 63.4 Å². The molecule has 17 heavy (non-hydrogen) atoms. The van der Waals surface area contributed by atoms with Crippen LogP contribution in [0.15, 0.2) is 24.3 Å². The maximum absolute atomic E-state index is 11.9. The van der Waals surface area contributed by atoms with Crippen LogP contribution in [-0.2, 0) is 23.1 Å². The second-order valence-electron chi connectivity index (χ2n) is 4.37. The lowest BCUT2D eigenvalue weighted by atomic mass is 10.1. The molecule has 0 aliphatic heterocycles. The lowest BCUT2D eigenvalue weighted by molar-refractivity contribution is 0.459. The first kappa shape index (κ1) is 14.2. The maximum Gasteiger partial charge on any atom is 0.216 e. The van der Waals surface area contributed by atoms with E-state index in [4.69, 9.17) is 5.73 Å². The van der Waals surface area contributed by atoms with Crippen molar-refractivity contribution >= 4 is 10.0 Å². The summed E-state index contributed by atoms with van der Waals surface area (Å²) in [6.07, 6.45) is 0. The van der Waals surface area contributed by atoms with Crippen LogP contribution in [-0.4, -0.2) is 25.0 Å². The van der Waals surface area contributed by atoms with Crippen molar-refractivity contribution in [3.63, 3.8) is 0 Å². The smallest absolute Gasteiger partial charge is 0.216 e. The molecule has 1 aromatic rings. The molecule has 0 aliphatic carbocycles. The summed E-state index contributed by atoms with van der Waals surface area (Å²) < 4.78 is 25.1. The fraction of sp³-hybridized carbons (Fsp3) is 0.500. The van der Waals surface area contributed by atoms with Gasteiger partial charge in [-0.3, -0.25) is 0 Å². The highest BCUT2D eigenvalue weighted by Crippen LogP contribution is 2.12. The zero-order valence-corrected chi connectivity index (χ0v) is 11.4. The second-order valence-corrected chi connectivity index (χ2v) is 6.97. The highest BCUT2D eigenvalue weighted by molar-refractivity contribution is 7.89. The third-order valence-corrected chi connectivity index (χ3v) is 4.88. The Balaban J connectivity index is 2.78. The van der Waals surface area contributed by atoms with Crippen LogP contribution < -0.4 is 5.73 Å². The van der Waals surface area contributed by atoms with E-state index in [0.717, 1.165) is 11.1 Å². The number of rotatable bonds is 5. The molecular weight excluding hydrogens is 236 g/mol. The standard InChI is InChI=1S/C12H20N2O2S/c1-10(2)17(15,16)14(3)9-12-6-4-11(8-13)5-7-12/h4-7,10H,8-9,13H2,1-3H3. The number of nitrogens with two attached hydrogens (primary N) is 1. The molecule has 0 aliphatic rings. The van der Waals surface area contributed by atoms with Crippen molar-refractivity contribution in [1.82, 2.24) is 4.31 Å². The van der Waals surface area contributed by atoms with E-state index in [1.165, 1.54) is 4.31 Å². The Bertz CT molecular complexity index is 452. The fourth-order valence-electron chi connectivity index (χ4n) is 1.49. The van der Waals surface area contributed by atoms with E-state index < -0.39 is 15.3 Å². The molecule has 0 fully saturated rings. The van der Waals surface area contributed by atoms with Crippen molar-refractivity contribution in [1.29, 1.82) is 0 Å². The summed E-state index contributed by atoms with van der Waals surface area (Å²) in [5, 5.41) is -0.393. The Kier molecular flexibility index (Phi) is 4.68. The highest BCUT2D eigenvalue weighted by atomic mass is 32.2. The van der Waals surface area contributed by atoms with Crippen LogP contribution in [0.4, 0.5) is 0 Å². The van der Waals surface area contributed by atoms with E-state index in [9.17, 15) is 8.42 Å². The SMILES string of the molecule is CC(C)S(=O)(=O)N(C)Cc1ccc(CN)cc1. The molecule has 0 bridgehead atoms. The normalized spacial score (nSPS) is 12.4. The molecule has 0 radical (unpaired) electrons. The van der Waals surface area contributed by atoms with Gasteiger partial charge in [0.2, 0.25) is 10.0 Å². The van der Waals surface area contributed by atoms with Gasteiger partial charge in [-0.2, -0.15) is 0 Å². The van der Waals surface area contributed by atoms with Gasteiger partial charge in [-0.1, -0.05) is 24.3 Å². The van der Waals surface area contributed by atoms with Crippen LogP contribution in [0.25, 0.3) is 0 Å². The van der Waals surface area contributed by atoms with Gasteiger partial charge in [0.15, 0.2) is 0 Å². The molecule has 5 heteroatoms. The van der Waals surface area contributed by atoms with Gasteiger partial charge in [0.05, 0.1) is 5.25 Å². The van der Waals surface area contributed by atoms with E-state index in [2.05, 4.69) is 0 Å². The van der Waals surface area contributed by atoms with Crippen LogP contribution in [0.3, 0.4) is 0 Å². The molecular formula is C12H20N2O2S. The Morgan fingerprint density at radius 3 is 2.06 bits per heavy atom. The zero-order valence-electron chi connectivity index (χ0n) is 10.6. The Hall–Kier alpha value is -0.910. The summed E-state index contributed by atoms with van der Waals surface area (Å²) in [5.74, 6) is 0. The molecule has 0 spiro atoms. The second kappa shape index (κ2) is 5.62. The summed E-state index contributed by atoms with van der Waals surface area (Å²) >= 11 is 0. The van der Waals surface area contributed by atoms with E-state index in [0.29, 0.717) is 13.1 Å². The van der Waals surface area contributed by atoms with Gasteiger partial charge in [-0.25, -0.2) is 12.7 Å². The number of hydrogen-bond donors (Lipinski definition) is 1. The first-order valence-corrected chi connectivity index (χ1v) is 7.11. The predicted molar refractivity (Wildman–Crippen MR) is 69.9 cm³/mol. The quantitative estimate of drug-likeness (QED) is 0.864. The summed E-state index contributed by atoms with van der Waals surface area (Å²) in [6, 6.07) is 7.67. The van der Waals surface area contributed by atoms with E-state index in [1.54, 1.807) is 20.9 Å². The first-order valence-electron chi connectivity index (χ1n) is 5.61. The number of nitrogens with zero attached hydrogens (tertiary/aromatic N) is 1. The molecule has 0 amide bonds. The largest absolute Gasteiger partial charge is 0.326 e. The molecule has 96 valence electrons. The maximum atomic E-state index is 11.9. The average Bonchev–Trinajstić information content (AvgIpc) is 2.29. The Labute approximate surface area is 103 Å². The lowest BCUT2D eigenvalue weighted by Crippen LogP contribution is -2.32. The van der Waals surface area contributed by atoms with Crippen molar-refractivity contribution in [2.75, 3.05) is 7.05 Å². The molecule has 2 N–H and O–H groups in total. The van der Waals surface area contributed by atoms with Crippen molar-refractivity contribution in [2.24, 2.45) is 5.73 Å². The molecule has 1 aromatic carbocycles. The molecule has 0 saturated heterocycles. The average molecular weight is 256 g/mol. The molecule has 4 nitrogen and oxygen atoms in total. The van der Waals surface area contributed by atoms with Crippen LogP contribution in [0.2, 0.25) is 0 Å². The molecule has 0 heterocycles. The lowest BCUT2D eigenvalue weighted by Gasteiger charge is -2.19. The van der Waals surface area contributed by atoms with Crippen LogP contribution in [0.1, 0.15) is 25.0 Å². The van der Waals surface area contributed by atoms with Crippen molar-refractivity contribution in [2.45, 2.75) is 32.2 Å². The van der Waals surface area contributed by atoms with Gasteiger partial charge >= 0.3 is 0 Å². The molecule has 1 rings (SSSR count). The number of benzene rings is 1. The van der Waals surface area contributed by atoms with Crippen molar-refractivity contribution in [3.05, 3.63) is 35.4 Å². The first-order chi connectivity index (χ1) is 7.87. The number of sulfonamides is 1. The minimum absolute atomic E-state index is 0.393.